The van der Waals surface area contributed by atoms with Crippen LogP contribution in [0.1, 0.15) is 5.56 Å². The zero-order chi connectivity index (χ0) is 7.73. The lowest BCUT2D eigenvalue weighted by molar-refractivity contribution is 0.0761. The predicted molar refractivity (Wildman–Crippen MR) is 43.3 cm³/mol. The lowest BCUT2D eigenvalue weighted by atomic mass is 10.0. The summed E-state index contributed by atoms with van der Waals surface area (Å²) in [5.74, 6) is 1.53. The van der Waals surface area contributed by atoms with E-state index in [1.165, 1.54) is 6.33 Å². The van der Waals surface area contributed by atoms with Crippen LogP contribution < -0.4 is 0 Å². The Kier molecular flexibility index (Phi) is 1.58. The molecule has 1 aromatic rings. The predicted octanol–water partition coefficient (Wildman–Crippen LogP) is 0.411. The molecule has 1 fully saturated rings. The van der Waals surface area contributed by atoms with Gasteiger partial charge in [0.1, 0.15) is 11.9 Å². The molecule has 0 aliphatic carbocycles. The molecule has 1 N–H and O–H groups in total. The van der Waals surface area contributed by atoms with Crippen LogP contribution in [-0.4, -0.2) is 26.6 Å². The van der Waals surface area contributed by atoms with Gasteiger partial charge in [0.15, 0.2) is 0 Å². The molecule has 11 heavy (non-hydrogen) atoms. The van der Waals surface area contributed by atoms with Gasteiger partial charge in [-0.05, 0) is 0 Å². The van der Waals surface area contributed by atoms with Crippen LogP contribution in [0.5, 0.6) is 0 Å². The quantitative estimate of drug-likeness (QED) is 0.659. The van der Waals surface area contributed by atoms with E-state index < -0.39 is 5.60 Å². The fourth-order valence-corrected chi connectivity index (χ4v) is 1.93. The van der Waals surface area contributed by atoms with Gasteiger partial charge in [0.05, 0.1) is 0 Å². The van der Waals surface area contributed by atoms with Crippen molar-refractivity contribution in [1.29, 1.82) is 0 Å². The average molecular weight is 168 g/mol. The van der Waals surface area contributed by atoms with Crippen molar-refractivity contribution in [2.24, 2.45) is 0 Å². The molecule has 1 aromatic heterocycles. The molecule has 0 spiro atoms. The van der Waals surface area contributed by atoms with Crippen molar-refractivity contribution in [3.05, 3.63) is 24.3 Å². The molecule has 0 atom stereocenters. The molecule has 3 nitrogen and oxygen atoms in total. The fraction of sp³-hybridized carbons (Fsp3) is 0.429. The van der Waals surface area contributed by atoms with E-state index in [2.05, 4.69) is 9.97 Å². The molecule has 2 heterocycles. The first kappa shape index (κ1) is 7.06. The van der Waals surface area contributed by atoms with E-state index >= 15 is 0 Å². The lowest BCUT2D eigenvalue weighted by Crippen LogP contribution is -2.40. The summed E-state index contributed by atoms with van der Waals surface area (Å²) < 4.78 is 0. The second-order valence-electron chi connectivity index (χ2n) is 2.65. The number of hydrogen-bond acceptors (Lipinski definition) is 4. The summed E-state index contributed by atoms with van der Waals surface area (Å²) in [6.45, 7) is 0. The van der Waals surface area contributed by atoms with Gasteiger partial charge in [0, 0.05) is 29.5 Å². The van der Waals surface area contributed by atoms with Crippen LogP contribution >= 0.6 is 11.8 Å². The molecule has 2 rings (SSSR count). The summed E-state index contributed by atoms with van der Waals surface area (Å²) in [5.41, 5.74) is 0.185. The van der Waals surface area contributed by atoms with Crippen LogP contribution in [0.4, 0.5) is 0 Å². The summed E-state index contributed by atoms with van der Waals surface area (Å²) in [6, 6.07) is 0. The number of hydrogen-bond donors (Lipinski definition) is 1. The minimum Gasteiger partial charge on any atom is -0.383 e. The summed E-state index contributed by atoms with van der Waals surface area (Å²) in [7, 11) is 0. The zero-order valence-electron chi connectivity index (χ0n) is 5.90. The van der Waals surface area contributed by atoms with E-state index in [1.807, 2.05) is 0 Å². The molecule has 1 saturated heterocycles. The third-order valence-electron chi connectivity index (χ3n) is 1.78. The highest BCUT2D eigenvalue weighted by atomic mass is 32.2. The van der Waals surface area contributed by atoms with Crippen molar-refractivity contribution in [2.75, 3.05) is 11.5 Å². The number of aromatic nitrogens is 2. The normalized spacial score (nSPS) is 20.8. The van der Waals surface area contributed by atoms with E-state index in [1.54, 1.807) is 24.2 Å². The Balaban J connectivity index is 2.29. The van der Waals surface area contributed by atoms with Gasteiger partial charge >= 0.3 is 0 Å². The first-order valence-corrected chi connectivity index (χ1v) is 4.52. The van der Waals surface area contributed by atoms with E-state index in [0.717, 1.165) is 17.1 Å². The topological polar surface area (TPSA) is 46.0 Å². The number of thioether (sulfide) groups is 1. The minimum absolute atomic E-state index is 0.647. The highest BCUT2D eigenvalue weighted by Crippen LogP contribution is 2.37. The van der Waals surface area contributed by atoms with Gasteiger partial charge in [0.25, 0.3) is 0 Å². The van der Waals surface area contributed by atoms with Crippen molar-refractivity contribution in [3.8, 4) is 0 Å². The van der Waals surface area contributed by atoms with Crippen LogP contribution in [0.2, 0.25) is 0 Å². The van der Waals surface area contributed by atoms with E-state index in [0.29, 0.717) is 0 Å². The molecule has 1 aliphatic rings. The van der Waals surface area contributed by atoms with Crippen molar-refractivity contribution < 1.29 is 5.11 Å². The fourth-order valence-electron chi connectivity index (χ4n) is 1.00. The standard InChI is InChI=1S/C7H8N2OS/c10-7(3-11-4-7)6-1-8-5-9-2-6/h1-2,5,10H,3-4H2. The summed E-state index contributed by atoms with van der Waals surface area (Å²) in [6.07, 6.45) is 4.82. The molecular weight excluding hydrogens is 160 g/mol. The van der Waals surface area contributed by atoms with Crippen molar-refractivity contribution in [2.45, 2.75) is 5.60 Å². The van der Waals surface area contributed by atoms with Crippen molar-refractivity contribution in [3.63, 3.8) is 0 Å². The Morgan fingerprint density at radius 3 is 2.45 bits per heavy atom. The maximum atomic E-state index is 9.78. The molecule has 4 heteroatoms. The van der Waals surface area contributed by atoms with Gasteiger partial charge in [-0.1, -0.05) is 0 Å². The van der Waals surface area contributed by atoms with Gasteiger partial charge in [-0.25, -0.2) is 9.97 Å². The maximum Gasteiger partial charge on any atom is 0.115 e. The van der Waals surface area contributed by atoms with Crippen LogP contribution in [-0.2, 0) is 5.60 Å². The Morgan fingerprint density at radius 2 is 2.00 bits per heavy atom. The molecule has 0 saturated carbocycles. The second-order valence-corrected chi connectivity index (χ2v) is 3.64. The van der Waals surface area contributed by atoms with Gasteiger partial charge in [-0.15, -0.1) is 0 Å². The van der Waals surface area contributed by atoms with Crippen LogP contribution in [0, 0.1) is 0 Å². The zero-order valence-corrected chi connectivity index (χ0v) is 6.71. The summed E-state index contributed by atoms with van der Waals surface area (Å²) >= 11 is 1.73. The Labute approximate surface area is 68.9 Å². The smallest absolute Gasteiger partial charge is 0.115 e. The Bertz CT molecular complexity index is 248. The van der Waals surface area contributed by atoms with Crippen LogP contribution in [0.15, 0.2) is 18.7 Å². The number of aliphatic hydroxyl groups is 1. The number of rotatable bonds is 1. The van der Waals surface area contributed by atoms with Crippen LogP contribution in [0.3, 0.4) is 0 Å². The van der Waals surface area contributed by atoms with E-state index in [9.17, 15) is 5.11 Å². The first-order valence-electron chi connectivity index (χ1n) is 3.37. The monoisotopic (exact) mass is 168 g/mol. The van der Waals surface area contributed by atoms with Gasteiger partial charge in [0.2, 0.25) is 0 Å². The minimum atomic E-state index is -0.647. The molecule has 58 valence electrons. The Morgan fingerprint density at radius 1 is 1.36 bits per heavy atom. The molecule has 0 amide bonds. The van der Waals surface area contributed by atoms with Crippen molar-refractivity contribution >= 4 is 11.8 Å². The van der Waals surface area contributed by atoms with Gasteiger partial charge in [-0.2, -0.15) is 11.8 Å². The maximum absolute atomic E-state index is 9.78. The van der Waals surface area contributed by atoms with Crippen LogP contribution in [0.25, 0.3) is 0 Å². The average Bonchev–Trinajstić information content (AvgIpc) is 2.02. The summed E-state index contributed by atoms with van der Waals surface area (Å²) in [5, 5.41) is 9.78. The van der Waals surface area contributed by atoms with Crippen molar-refractivity contribution in [1.82, 2.24) is 9.97 Å². The highest BCUT2D eigenvalue weighted by Gasteiger charge is 2.37. The van der Waals surface area contributed by atoms with Gasteiger partial charge in [-0.3, -0.25) is 0 Å². The molecule has 1 aliphatic heterocycles. The third-order valence-corrected chi connectivity index (χ3v) is 3.14. The van der Waals surface area contributed by atoms with E-state index in [-0.39, 0.29) is 0 Å². The first-order chi connectivity index (χ1) is 5.31. The largest absolute Gasteiger partial charge is 0.383 e. The molecular formula is C7H8N2OS. The van der Waals surface area contributed by atoms with Gasteiger partial charge < -0.3 is 5.11 Å². The van der Waals surface area contributed by atoms with E-state index in [4.69, 9.17) is 0 Å². The Hall–Kier alpha value is -0.610. The lowest BCUT2D eigenvalue weighted by Gasteiger charge is -2.35. The molecule has 0 radical (unpaired) electrons. The second kappa shape index (κ2) is 2.46. The molecule has 0 aromatic carbocycles. The number of nitrogens with zero attached hydrogens (tertiary/aromatic N) is 2. The molecule has 0 bridgehead atoms. The summed E-state index contributed by atoms with van der Waals surface area (Å²) in [4.78, 5) is 7.70. The molecule has 0 unspecified atom stereocenters. The highest BCUT2D eigenvalue weighted by molar-refractivity contribution is 8.00. The third kappa shape index (κ3) is 1.12. The SMILES string of the molecule is OC1(c2cncnc2)CSC1.